The molecule has 0 aromatic rings. The Labute approximate surface area is 77.9 Å². The first-order chi connectivity index (χ1) is 5.93. The molecular weight excluding hydrogens is 176 g/mol. The fraction of sp³-hybridized carbons (Fsp3) is 1.00. The zero-order valence-electron chi connectivity index (χ0n) is 8.39. The molecule has 0 saturated carbocycles. The minimum atomic E-state index is -2.32. The average Bonchev–Trinajstić information content (AvgIpc) is 2.03. The van der Waals surface area contributed by atoms with Crippen LogP contribution in [0.4, 0.5) is 8.78 Å². The summed E-state index contributed by atoms with van der Waals surface area (Å²) in [6, 6.07) is -0.742. The maximum atomic E-state index is 12.6. The first-order valence-electron chi connectivity index (χ1n) is 4.55. The first-order valence-corrected chi connectivity index (χ1v) is 4.55. The predicted molar refractivity (Wildman–Crippen MR) is 47.1 cm³/mol. The number of ether oxygens (including phenoxy) is 1. The molecule has 0 amide bonds. The largest absolute Gasteiger partial charge is 0.378 e. The van der Waals surface area contributed by atoms with Gasteiger partial charge in [-0.2, -0.15) is 0 Å². The zero-order chi connectivity index (χ0) is 10.1. The SMILES string of the molecule is CC(C)(C)N1CCOCC1C(F)F. The third-order valence-corrected chi connectivity index (χ3v) is 2.32. The lowest BCUT2D eigenvalue weighted by atomic mass is 10.0. The van der Waals surface area contributed by atoms with Gasteiger partial charge in [0.15, 0.2) is 0 Å². The van der Waals surface area contributed by atoms with Gasteiger partial charge >= 0.3 is 0 Å². The van der Waals surface area contributed by atoms with Crippen LogP contribution >= 0.6 is 0 Å². The van der Waals surface area contributed by atoms with Gasteiger partial charge in [0, 0.05) is 12.1 Å². The molecule has 0 aromatic carbocycles. The Hall–Kier alpha value is -0.220. The summed E-state index contributed by atoms with van der Waals surface area (Å²) in [4.78, 5) is 1.82. The topological polar surface area (TPSA) is 12.5 Å². The van der Waals surface area contributed by atoms with Crippen LogP contribution in [0.15, 0.2) is 0 Å². The van der Waals surface area contributed by atoms with E-state index in [4.69, 9.17) is 4.74 Å². The Kier molecular flexibility index (Phi) is 3.24. The molecule has 0 aromatic heterocycles. The molecule has 0 radical (unpaired) electrons. The highest BCUT2D eigenvalue weighted by atomic mass is 19.3. The van der Waals surface area contributed by atoms with Gasteiger partial charge in [-0.1, -0.05) is 0 Å². The van der Waals surface area contributed by atoms with Crippen molar-refractivity contribution in [2.75, 3.05) is 19.8 Å². The van der Waals surface area contributed by atoms with Crippen LogP contribution in [0.5, 0.6) is 0 Å². The summed E-state index contributed by atoms with van der Waals surface area (Å²) in [5.74, 6) is 0. The van der Waals surface area contributed by atoms with E-state index in [1.165, 1.54) is 0 Å². The third-order valence-electron chi connectivity index (χ3n) is 2.32. The van der Waals surface area contributed by atoms with Crippen LogP contribution < -0.4 is 0 Å². The Balaban J connectivity index is 2.67. The Morgan fingerprint density at radius 2 is 2.00 bits per heavy atom. The van der Waals surface area contributed by atoms with Crippen LogP contribution in [0.2, 0.25) is 0 Å². The van der Waals surface area contributed by atoms with Crippen molar-refractivity contribution in [3.05, 3.63) is 0 Å². The number of alkyl halides is 2. The zero-order valence-corrected chi connectivity index (χ0v) is 8.39. The fourth-order valence-corrected chi connectivity index (χ4v) is 1.66. The van der Waals surface area contributed by atoms with Crippen molar-refractivity contribution < 1.29 is 13.5 Å². The summed E-state index contributed by atoms with van der Waals surface area (Å²) < 4.78 is 30.2. The van der Waals surface area contributed by atoms with E-state index in [9.17, 15) is 8.78 Å². The van der Waals surface area contributed by atoms with E-state index in [0.29, 0.717) is 13.2 Å². The van der Waals surface area contributed by atoms with Crippen LogP contribution in [0.25, 0.3) is 0 Å². The van der Waals surface area contributed by atoms with Gasteiger partial charge in [-0.15, -0.1) is 0 Å². The quantitative estimate of drug-likeness (QED) is 0.629. The molecule has 4 heteroatoms. The number of nitrogens with zero attached hydrogens (tertiary/aromatic N) is 1. The molecular formula is C9H17F2NO. The molecule has 1 saturated heterocycles. The molecule has 1 aliphatic rings. The minimum absolute atomic E-state index is 0.148. The average molecular weight is 193 g/mol. The maximum Gasteiger partial charge on any atom is 0.256 e. The molecule has 0 bridgehead atoms. The Morgan fingerprint density at radius 3 is 2.38 bits per heavy atom. The summed E-state index contributed by atoms with van der Waals surface area (Å²) in [7, 11) is 0. The van der Waals surface area contributed by atoms with E-state index >= 15 is 0 Å². The molecule has 1 rings (SSSR count). The number of hydrogen-bond donors (Lipinski definition) is 0. The number of morpholine rings is 1. The summed E-state index contributed by atoms with van der Waals surface area (Å²) in [6.07, 6.45) is -2.32. The summed E-state index contributed by atoms with van der Waals surface area (Å²) in [6.45, 7) is 7.16. The molecule has 0 aliphatic carbocycles. The van der Waals surface area contributed by atoms with Crippen molar-refractivity contribution in [3.8, 4) is 0 Å². The van der Waals surface area contributed by atoms with E-state index in [2.05, 4.69) is 0 Å². The van der Waals surface area contributed by atoms with E-state index < -0.39 is 12.5 Å². The van der Waals surface area contributed by atoms with Crippen LogP contribution in [0.1, 0.15) is 20.8 Å². The first kappa shape index (κ1) is 10.9. The van der Waals surface area contributed by atoms with Crippen molar-refractivity contribution >= 4 is 0 Å². The normalized spacial score (nSPS) is 26.8. The summed E-state index contributed by atoms with van der Waals surface area (Å²) in [5.41, 5.74) is -0.203. The molecule has 1 fully saturated rings. The molecule has 2 nitrogen and oxygen atoms in total. The van der Waals surface area contributed by atoms with Gasteiger partial charge in [0.2, 0.25) is 0 Å². The highest BCUT2D eigenvalue weighted by Crippen LogP contribution is 2.23. The number of rotatable bonds is 1. The third kappa shape index (κ3) is 2.61. The highest BCUT2D eigenvalue weighted by molar-refractivity contribution is 4.86. The predicted octanol–water partition coefficient (Wildman–Crippen LogP) is 1.75. The van der Waals surface area contributed by atoms with Crippen molar-refractivity contribution in [3.63, 3.8) is 0 Å². The van der Waals surface area contributed by atoms with Crippen LogP contribution in [0.3, 0.4) is 0 Å². The van der Waals surface area contributed by atoms with E-state index in [1.807, 2.05) is 25.7 Å². The van der Waals surface area contributed by atoms with Gasteiger partial charge in [0.1, 0.15) is 0 Å². The maximum absolute atomic E-state index is 12.6. The number of hydrogen-bond acceptors (Lipinski definition) is 2. The van der Waals surface area contributed by atoms with Gasteiger partial charge in [-0.25, -0.2) is 8.78 Å². The molecule has 1 unspecified atom stereocenters. The molecule has 78 valence electrons. The van der Waals surface area contributed by atoms with Gasteiger partial charge < -0.3 is 4.74 Å². The standard InChI is InChI=1S/C9H17F2NO/c1-9(2,3)12-4-5-13-6-7(12)8(10)11/h7-8H,4-6H2,1-3H3. The molecule has 1 atom stereocenters. The van der Waals surface area contributed by atoms with Gasteiger partial charge in [-0.3, -0.25) is 4.90 Å². The van der Waals surface area contributed by atoms with Crippen LogP contribution in [0, 0.1) is 0 Å². The van der Waals surface area contributed by atoms with Gasteiger partial charge in [0.25, 0.3) is 6.43 Å². The molecule has 0 spiro atoms. The second-order valence-electron chi connectivity index (χ2n) is 4.34. The second-order valence-corrected chi connectivity index (χ2v) is 4.34. The van der Waals surface area contributed by atoms with Crippen molar-refractivity contribution in [1.29, 1.82) is 0 Å². The molecule has 1 aliphatic heterocycles. The van der Waals surface area contributed by atoms with Crippen molar-refractivity contribution in [1.82, 2.24) is 4.90 Å². The van der Waals surface area contributed by atoms with Crippen molar-refractivity contribution in [2.45, 2.75) is 38.8 Å². The Bertz CT molecular complexity index is 167. The van der Waals surface area contributed by atoms with Gasteiger partial charge in [0.05, 0.1) is 19.3 Å². The monoisotopic (exact) mass is 193 g/mol. The molecule has 1 heterocycles. The lowest BCUT2D eigenvalue weighted by molar-refractivity contribution is -0.103. The van der Waals surface area contributed by atoms with E-state index in [0.717, 1.165) is 0 Å². The molecule has 13 heavy (non-hydrogen) atoms. The molecule has 0 N–H and O–H groups in total. The van der Waals surface area contributed by atoms with E-state index in [-0.39, 0.29) is 12.1 Å². The van der Waals surface area contributed by atoms with Crippen LogP contribution in [-0.2, 0) is 4.74 Å². The summed E-state index contributed by atoms with van der Waals surface area (Å²) in [5, 5.41) is 0. The van der Waals surface area contributed by atoms with E-state index in [1.54, 1.807) is 0 Å². The lowest BCUT2D eigenvalue weighted by Gasteiger charge is -2.43. The van der Waals surface area contributed by atoms with Gasteiger partial charge in [-0.05, 0) is 20.8 Å². The Morgan fingerprint density at radius 1 is 1.38 bits per heavy atom. The minimum Gasteiger partial charge on any atom is -0.378 e. The summed E-state index contributed by atoms with van der Waals surface area (Å²) >= 11 is 0. The second kappa shape index (κ2) is 3.88. The highest BCUT2D eigenvalue weighted by Gasteiger charge is 2.36. The number of halogens is 2. The fourth-order valence-electron chi connectivity index (χ4n) is 1.66. The lowest BCUT2D eigenvalue weighted by Crippen LogP contribution is -2.57. The smallest absolute Gasteiger partial charge is 0.256 e. The van der Waals surface area contributed by atoms with Crippen molar-refractivity contribution in [2.24, 2.45) is 0 Å². The van der Waals surface area contributed by atoms with Crippen LogP contribution in [-0.4, -0.2) is 42.7 Å².